The lowest BCUT2D eigenvalue weighted by Gasteiger charge is -2.08. The number of carbonyl (C=O) groups is 1. The van der Waals surface area contributed by atoms with Crippen LogP contribution in [0.1, 0.15) is 10.4 Å². The fourth-order valence-electron chi connectivity index (χ4n) is 1.44. The molecule has 9 heteroatoms. The monoisotopic (exact) mass is 288 g/mol. The number of aliphatic hydroxyl groups excluding tert-OH is 1. The molecule has 0 unspecified atom stereocenters. The number of nitrogens with zero attached hydrogens (tertiary/aromatic N) is 1. The second-order valence-electron chi connectivity index (χ2n) is 3.67. The molecule has 0 saturated heterocycles. The standard InChI is InChI=1S/C11H13FN2O6/c12-8-6-9(13-1-3-20-4-2-15)10(14(18)19)5-7(8)11(16)17/h5-6,13,15H,1-4H2,(H,16,17). The average Bonchev–Trinajstić information content (AvgIpc) is 2.37. The Morgan fingerprint density at radius 2 is 2.15 bits per heavy atom. The van der Waals surface area contributed by atoms with Gasteiger partial charge in [-0.2, -0.15) is 0 Å². The van der Waals surface area contributed by atoms with Crippen molar-refractivity contribution in [1.29, 1.82) is 0 Å². The van der Waals surface area contributed by atoms with E-state index in [4.69, 9.17) is 14.9 Å². The molecule has 0 spiro atoms. The summed E-state index contributed by atoms with van der Waals surface area (Å²) in [5.41, 5.74) is -1.44. The molecular formula is C11H13FN2O6. The van der Waals surface area contributed by atoms with Crippen LogP contribution in [0.3, 0.4) is 0 Å². The van der Waals surface area contributed by atoms with E-state index in [1.54, 1.807) is 0 Å². The predicted molar refractivity (Wildman–Crippen MR) is 66.4 cm³/mol. The Bertz CT molecular complexity index is 508. The van der Waals surface area contributed by atoms with Crippen LogP contribution in [0.15, 0.2) is 12.1 Å². The predicted octanol–water partition coefficient (Wildman–Crippen LogP) is 0.853. The molecule has 3 N–H and O–H groups in total. The number of anilines is 1. The number of nitro benzene ring substituents is 1. The molecule has 0 heterocycles. The molecular weight excluding hydrogens is 275 g/mol. The Morgan fingerprint density at radius 3 is 2.70 bits per heavy atom. The Morgan fingerprint density at radius 1 is 1.45 bits per heavy atom. The van der Waals surface area contributed by atoms with Gasteiger partial charge in [-0.3, -0.25) is 10.1 Å². The van der Waals surface area contributed by atoms with Gasteiger partial charge in [-0.25, -0.2) is 9.18 Å². The van der Waals surface area contributed by atoms with Crippen molar-refractivity contribution in [3.63, 3.8) is 0 Å². The first-order valence-electron chi connectivity index (χ1n) is 5.61. The van der Waals surface area contributed by atoms with E-state index in [-0.39, 0.29) is 32.1 Å². The molecule has 0 aliphatic rings. The van der Waals surface area contributed by atoms with E-state index in [2.05, 4.69) is 5.32 Å². The Labute approximate surface area is 112 Å². The Hall–Kier alpha value is -2.26. The van der Waals surface area contributed by atoms with Crippen LogP contribution < -0.4 is 5.32 Å². The molecule has 0 aliphatic carbocycles. The average molecular weight is 288 g/mol. The van der Waals surface area contributed by atoms with Crippen molar-refractivity contribution in [1.82, 2.24) is 0 Å². The van der Waals surface area contributed by atoms with E-state index in [1.807, 2.05) is 0 Å². The first-order valence-corrected chi connectivity index (χ1v) is 5.61. The zero-order valence-electron chi connectivity index (χ0n) is 10.3. The third-order valence-corrected chi connectivity index (χ3v) is 2.31. The third-order valence-electron chi connectivity index (χ3n) is 2.31. The number of aliphatic hydroxyl groups is 1. The number of hydrogen-bond donors (Lipinski definition) is 3. The van der Waals surface area contributed by atoms with Crippen molar-refractivity contribution in [2.24, 2.45) is 0 Å². The fourth-order valence-corrected chi connectivity index (χ4v) is 1.44. The molecule has 0 radical (unpaired) electrons. The minimum absolute atomic E-state index is 0.121. The quantitative estimate of drug-likeness (QED) is 0.368. The van der Waals surface area contributed by atoms with E-state index >= 15 is 0 Å². The van der Waals surface area contributed by atoms with Gasteiger partial charge >= 0.3 is 5.97 Å². The van der Waals surface area contributed by atoms with Gasteiger partial charge < -0.3 is 20.3 Å². The van der Waals surface area contributed by atoms with Crippen molar-refractivity contribution in [2.75, 3.05) is 31.7 Å². The smallest absolute Gasteiger partial charge is 0.338 e. The largest absolute Gasteiger partial charge is 0.478 e. The van der Waals surface area contributed by atoms with Gasteiger partial charge in [0.15, 0.2) is 0 Å². The molecule has 20 heavy (non-hydrogen) atoms. The topological polar surface area (TPSA) is 122 Å². The van der Waals surface area contributed by atoms with Gasteiger partial charge in [-0.05, 0) is 0 Å². The molecule has 1 aromatic carbocycles. The highest BCUT2D eigenvalue weighted by Crippen LogP contribution is 2.27. The molecule has 1 rings (SSSR count). The number of nitrogens with one attached hydrogen (secondary N) is 1. The van der Waals surface area contributed by atoms with Crippen LogP contribution in [0, 0.1) is 15.9 Å². The molecule has 8 nitrogen and oxygen atoms in total. The van der Waals surface area contributed by atoms with E-state index in [0.29, 0.717) is 6.07 Å². The zero-order chi connectivity index (χ0) is 15.1. The van der Waals surface area contributed by atoms with E-state index in [9.17, 15) is 19.3 Å². The molecule has 0 aromatic heterocycles. The van der Waals surface area contributed by atoms with Crippen molar-refractivity contribution < 1.29 is 29.1 Å². The highest BCUT2D eigenvalue weighted by atomic mass is 19.1. The summed E-state index contributed by atoms with van der Waals surface area (Å²) in [5, 5.41) is 30.6. The number of carboxylic acid groups (broad SMARTS) is 1. The van der Waals surface area contributed by atoms with Gasteiger partial charge in [0.2, 0.25) is 0 Å². The van der Waals surface area contributed by atoms with E-state index < -0.39 is 28.0 Å². The SMILES string of the molecule is O=C(O)c1cc([N+](=O)[O-])c(NCCOCCO)cc1F. The molecule has 0 saturated carbocycles. The molecule has 0 atom stereocenters. The van der Waals surface area contributed by atoms with Crippen LogP contribution in [0.5, 0.6) is 0 Å². The second kappa shape index (κ2) is 7.36. The number of ether oxygens (including phenoxy) is 1. The van der Waals surface area contributed by atoms with Gasteiger partial charge in [0.1, 0.15) is 17.1 Å². The first kappa shape index (κ1) is 15.8. The highest BCUT2D eigenvalue weighted by molar-refractivity contribution is 5.90. The van der Waals surface area contributed by atoms with Gasteiger partial charge in [-0.1, -0.05) is 0 Å². The second-order valence-corrected chi connectivity index (χ2v) is 3.67. The lowest BCUT2D eigenvalue weighted by atomic mass is 10.1. The summed E-state index contributed by atoms with van der Waals surface area (Å²) < 4.78 is 18.4. The summed E-state index contributed by atoms with van der Waals surface area (Å²) in [7, 11) is 0. The normalized spacial score (nSPS) is 10.3. The van der Waals surface area contributed by atoms with Gasteiger partial charge in [0.25, 0.3) is 5.69 Å². The minimum atomic E-state index is -1.58. The number of benzene rings is 1. The fraction of sp³-hybridized carbons (Fsp3) is 0.364. The van der Waals surface area contributed by atoms with Crippen molar-refractivity contribution >= 4 is 17.3 Å². The maximum atomic E-state index is 13.5. The van der Waals surface area contributed by atoms with E-state index in [0.717, 1.165) is 6.07 Å². The van der Waals surface area contributed by atoms with Gasteiger partial charge in [0, 0.05) is 18.7 Å². The number of nitro groups is 1. The van der Waals surface area contributed by atoms with Crippen molar-refractivity contribution in [2.45, 2.75) is 0 Å². The highest BCUT2D eigenvalue weighted by Gasteiger charge is 2.21. The van der Waals surface area contributed by atoms with Crippen LogP contribution in [0.4, 0.5) is 15.8 Å². The van der Waals surface area contributed by atoms with Gasteiger partial charge in [0.05, 0.1) is 24.7 Å². The summed E-state index contributed by atoms with van der Waals surface area (Å²) >= 11 is 0. The van der Waals surface area contributed by atoms with Crippen LogP contribution in [-0.4, -0.2) is 47.5 Å². The van der Waals surface area contributed by atoms with E-state index in [1.165, 1.54) is 0 Å². The lowest BCUT2D eigenvalue weighted by Crippen LogP contribution is -2.13. The number of carboxylic acids is 1. The third kappa shape index (κ3) is 4.14. The van der Waals surface area contributed by atoms with Crippen LogP contribution in [-0.2, 0) is 4.74 Å². The molecule has 1 aromatic rings. The van der Waals surface area contributed by atoms with Crippen LogP contribution in [0.25, 0.3) is 0 Å². The first-order chi connectivity index (χ1) is 9.47. The molecule has 0 aliphatic heterocycles. The summed E-state index contributed by atoms with van der Waals surface area (Å²) in [5.74, 6) is -2.65. The Kier molecular flexibility index (Phi) is 5.81. The summed E-state index contributed by atoms with van der Waals surface area (Å²) in [6.45, 7) is 0.269. The number of halogens is 1. The molecule has 110 valence electrons. The van der Waals surface area contributed by atoms with Crippen molar-refractivity contribution in [3.05, 3.63) is 33.6 Å². The van der Waals surface area contributed by atoms with Gasteiger partial charge in [-0.15, -0.1) is 0 Å². The summed E-state index contributed by atoms with van der Waals surface area (Å²) in [6.07, 6.45) is 0. The van der Waals surface area contributed by atoms with Crippen LogP contribution in [0.2, 0.25) is 0 Å². The summed E-state index contributed by atoms with van der Waals surface area (Å²) in [6, 6.07) is 1.42. The molecule has 0 fully saturated rings. The zero-order valence-corrected chi connectivity index (χ0v) is 10.3. The summed E-state index contributed by atoms with van der Waals surface area (Å²) in [4.78, 5) is 20.7. The van der Waals surface area contributed by atoms with Crippen molar-refractivity contribution in [3.8, 4) is 0 Å². The maximum Gasteiger partial charge on any atom is 0.338 e. The minimum Gasteiger partial charge on any atom is -0.478 e. The molecule has 0 bridgehead atoms. The Balaban J connectivity index is 2.86. The number of hydrogen-bond acceptors (Lipinski definition) is 6. The molecule has 0 amide bonds. The number of aromatic carboxylic acids is 1. The maximum absolute atomic E-state index is 13.5. The van der Waals surface area contributed by atoms with Crippen LogP contribution >= 0.6 is 0 Å². The lowest BCUT2D eigenvalue weighted by molar-refractivity contribution is -0.384. The number of rotatable bonds is 8.